The molecule has 61 heavy (non-hydrogen) atoms. The molecule has 0 atom stereocenters. The zero-order valence-corrected chi connectivity index (χ0v) is 38.5. The monoisotopic (exact) mass is 826 g/mol. The summed E-state index contributed by atoms with van der Waals surface area (Å²) in [4.78, 5) is 4.75. The number of thiophene rings is 1. The van der Waals surface area contributed by atoms with E-state index in [1.165, 1.54) is 42.4 Å². The Balaban J connectivity index is 1.13. The van der Waals surface area contributed by atoms with Crippen LogP contribution in [0.4, 0.5) is 34.1 Å². The van der Waals surface area contributed by atoms with Crippen LogP contribution in [-0.2, 0) is 18.6 Å². The van der Waals surface area contributed by atoms with Gasteiger partial charge in [0, 0.05) is 54.3 Å². The second kappa shape index (κ2) is 14.9. The standard InChI is InChI=1S/C52H56B2N2O4S/c1-33-13-25-45(35(3)29-33)55(39-19-15-37(16-20-39)53-57-49(5,6)50(7,8)58-53)41-23-27-47-43(31-41)44-32-42(24-28-48(44)61-47)56(46-26-14-34(2)30-36(46)4)40-21-17-38(18-22-40)54-59-51(9,10)52(11,12)60-54/h13-32H,1-12H3. The summed E-state index contributed by atoms with van der Waals surface area (Å²) >= 11 is 1.83. The largest absolute Gasteiger partial charge is 0.494 e. The molecule has 9 heteroatoms. The number of aryl methyl sites for hydroxylation is 4. The third-order valence-corrected chi connectivity index (χ3v) is 14.6. The average Bonchev–Trinajstić information content (AvgIpc) is 3.76. The lowest BCUT2D eigenvalue weighted by Gasteiger charge is -2.32. The Labute approximate surface area is 366 Å². The first-order valence-corrected chi connectivity index (χ1v) is 22.2. The van der Waals surface area contributed by atoms with Gasteiger partial charge in [-0.1, -0.05) is 59.7 Å². The highest BCUT2D eigenvalue weighted by Gasteiger charge is 2.52. The summed E-state index contributed by atoms with van der Waals surface area (Å²) in [6.45, 7) is 25.5. The normalized spacial score (nSPS) is 17.7. The van der Waals surface area contributed by atoms with E-state index in [1.54, 1.807) is 0 Å². The Bertz CT molecular complexity index is 2570. The lowest BCUT2D eigenvalue weighted by atomic mass is 9.79. The van der Waals surface area contributed by atoms with Crippen LogP contribution in [0.5, 0.6) is 0 Å². The van der Waals surface area contributed by atoms with Gasteiger partial charge in [-0.3, -0.25) is 0 Å². The first-order chi connectivity index (χ1) is 28.8. The average molecular weight is 827 g/mol. The smallest absolute Gasteiger partial charge is 0.399 e. The zero-order valence-electron chi connectivity index (χ0n) is 37.6. The van der Waals surface area contributed by atoms with E-state index in [0.29, 0.717) is 0 Å². The van der Waals surface area contributed by atoms with Crippen LogP contribution < -0.4 is 20.7 Å². The second-order valence-corrected chi connectivity index (χ2v) is 20.2. The van der Waals surface area contributed by atoms with E-state index in [4.69, 9.17) is 18.6 Å². The minimum atomic E-state index is -0.423. The van der Waals surface area contributed by atoms with Crippen LogP contribution in [0.1, 0.15) is 77.6 Å². The van der Waals surface area contributed by atoms with E-state index < -0.39 is 36.6 Å². The summed E-state index contributed by atoms with van der Waals surface area (Å²) in [6.07, 6.45) is 0. The van der Waals surface area contributed by atoms with E-state index in [-0.39, 0.29) is 0 Å². The van der Waals surface area contributed by atoms with Crippen molar-refractivity contribution in [2.75, 3.05) is 9.80 Å². The first-order valence-electron chi connectivity index (χ1n) is 21.4. The third-order valence-electron chi connectivity index (χ3n) is 13.5. The summed E-state index contributed by atoms with van der Waals surface area (Å²) in [6, 6.07) is 44.5. The van der Waals surface area contributed by atoms with Crippen molar-refractivity contribution in [3.05, 3.63) is 144 Å². The lowest BCUT2D eigenvalue weighted by molar-refractivity contribution is 0.00578. The Morgan fingerprint density at radius 3 is 1.05 bits per heavy atom. The van der Waals surface area contributed by atoms with Crippen molar-refractivity contribution >= 4 is 90.8 Å². The molecule has 0 saturated carbocycles. The van der Waals surface area contributed by atoms with Crippen molar-refractivity contribution in [2.24, 2.45) is 0 Å². The third kappa shape index (κ3) is 7.38. The highest BCUT2D eigenvalue weighted by Crippen LogP contribution is 2.45. The molecule has 9 rings (SSSR count). The number of anilines is 6. The number of hydrogen-bond donors (Lipinski definition) is 0. The van der Waals surface area contributed by atoms with Gasteiger partial charge in [0.1, 0.15) is 0 Å². The number of fused-ring (bicyclic) bond motifs is 3. The molecule has 310 valence electrons. The molecule has 0 amide bonds. The van der Waals surface area contributed by atoms with Gasteiger partial charge >= 0.3 is 14.2 Å². The van der Waals surface area contributed by atoms with E-state index in [2.05, 4.69) is 214 Å². The maximum Gasteiger partial charge on any atom is 0.494 e. The van der Waals surface area contributed by atoms with Crippen LogP contribution in [0.15, 0.2) is 121 Å². The van der Waals surface area contributed by atoms with Gasteiger partial charge in [-0.05, 0) is 178 Å². The predicted octanol–water partition coefficient (Wildman–Crippen LogP) is 12.8. The van der Waals surface area contributed by atoms with E-state index in [1.807, 2.05) is 11.3 Å². The highest BCUT2D eigenvalue weighted by molar-refractivity contribution is 7.25. The molecule has 0 spiro atoms. The van der Waals surface area contributed by atoms with Crippen molar-refractivity contribution in [2.45, 2.75) is 105 Å². The molecule has 3 heterocycles. The molecule has 0 radical (unpaired) electrons. The van der Waals surface area contributed by atoms with Gasteiger partial charge in [0.05, 0.1) is 22.4 Å². The molecule has 1 aromatic heterocycles. The molecular weight excluding hydrogens is 770 g/mol. The van der Waals surface area contributed by atoms with E-state index >= 15 is 0 Å². The first kappa shape index (κ1) is 41.5. The summed E-state index contributed by atoms with van der Waals surface area (Å²) in [5.41, 5.74) is 11.9. The second-order valence-electron chi connectivity index (χ2n) is 19.1. The van der Waals surface area contributed by atoms with Gasteiger partial charge < -0.3 is 28.4 Å². The summed E-state index contributed by atoms with van der Waals surface area (Å²) in [5.74, 6) is 0. The quantitative estimate of drug-likeness (QED) is 0.142. The molecule has 2 fully saturated rings. The number of benzene rings is 6. The van der Waals surface area contributed by atoms with Crippen LogP contribution in [0, 0.1) is 27.7 Å². The van der Waals surface area contributed by atoms with Crippen molar-refractivity contribution < 1.29 is 18.6 Å². The Morgan fingerprint density at radius 2 is 0.721 bits per heavy atom. The molecule has 6 nitrogen and oxygen atoms in total. The Morgan fingerprint density at radius 1 is 0.393 bits per heavy atom. The van der Waals surface area contributed by atoms with Crippen LogP contribution >= 0.6 is 11.3 Å². The fraction of sp³-hybridized carbons (Fsp3) is 0.308. The molecule has 0 N–H and O–H groups in total. The maximum atomic E-state index is 6.42. The fourth-order valence-corrected chi connectivity index (χ4v) is 9.58. The maximum absolute atomic E-state index is 6.42. The van der Waals surface area contributed by atoms with Crippen LogP contribution in [0.2, 0.25) is 0 Å². The van der Waals surface area contributed by atoms with Crippen molar-refractivity contribution in [3.8, 4) is 0 Å². The topological polar surface area (TPSA) is 43.4 Å². The van der Waals surface area contributed by atoms with E-state index in [0.717, 1.165) is 45.0 Å². The highest BCUT2D eigenvalue weighted by atomic mass is 32.1. The molecule has 6 aromatic carbocycles. The number of hydrogen-bond acceptors (Lipinski definition) is 7. The SMILES string of the molecule is Cc1ccc(N(c2ccc(B3OC(C)(C)C(C)(C)O3)cc2)c2ccc3sc4ccc(N(c5ccc(B6OC(C)(C)C(C)(C)O6)cc5)c5ccc(C)cc5C)cc4c3c2)c(C)c1. The summed E-state index contributed by atoms with van der Waals surface area (Å²) in [7, 11) is -0.847. The lowest BCUT2D eigenvalue weighted by Crippen LogP contribution is -2.41. The zero-order chi connectivity index (χ0) is 43.2. The predicted molar refractivity (Wildman–Crippen MR) is 259 cm³/mol. The fourth-order valence-electron chi connectivity index (χ4n) is 8.52. The molecule has 0 aliphatic carbocycles. The Kier molecular flexibility index (Phi) is 10.1. The van der Waals surface area contributed by atoms with Gasteiger partial charge in [-0.2, -0.15) is 0 Å². The molecular formula is C52H56B2N2O4S. The van der Waals surface area contributed by atoms with Crippen molar-refractivity contribution in [3.63, 3.8) is 0 Å². The van der Waals surface area contributed by atoms with Gasteiger partial charge in [0.25, 0.3) is 0 Å². The van der Waals surface area contributed by atoms with Crippen LogP contribution in [0.25, 0.3) is 20.2 Å². The van der Waals surface area contributed by atoms with Crippen molar-refractivity contribution in [1.82, 2.24) is 0 Å². The van der Waals surface area contributed by atoms with E-state index in [9.17, 15) is 0 Å². The van der Waals surface area contributed by atoms with Gasteiger partial charge in [0.2, 0.25) is 0 Å². The summed E-state index contributed by atoms with van der Waals surface area (Å²) < 4.78 is 28.2. The van der Waals surface area contributed by atoms with Gasteiger partial charge in [-0.25, -0.2) is 0 Å². The van der Waals surface area contributed by atoms with Crippen molar-refractivity contribution in [1.29, 1.82) is 0 Å². The van der Waals surface area contributed by atoms with Crippen LogP contribution in [-0.4, -0.2) is 36.6 Å². The molecule has 2 saturated heterocycles. The number of nitrogens with zero attached hydrogens (tertiary/aromatic N) is 2. The minimum Gasteiger partial charge on any atom is -0.399 e. The molecule has 0 unspecified atom stereocenters. The molecule has 2 aliphatic rings. The summed E-state index contributed by atoms with van der Waals surface area (Å²) in [5, 5.41) is 2.44. The van der Waals surface area contributed by atoms with Crippen LogP contribution in [0.3, 0.4) is 0 Å². The molecule has 7 aromatic rings. The molecule has 2 aliphatic heterocycles. The minimum absolute atomic E-state index is 0.407. The Hall–Kier alpha value is -4.89. The van der Waals surface area contributed by atoms with Gasteiger partial charge in [-0.15, -0.1) is 11.3 Å². The number of rotatable bonds is 8. The molecule has 0 bridgehead atoms. The van der Waals surface area contributed by atoms with Gasteiger partial charge in [0.15, 0.2) is 0 Å².